The van der Waals surface area contributed by atoms with Crippen molar-refractivity contribution in [2.75, 3.05) is 0 Å². The van der Waals surface area contributed by atoms with Gasteiger partial charge in [0.2, 0.25) is 0 Å². The van der Waals surface area contributed by atoms with Crippen LogP contribution < -0.4 is 0 Å². The van der Waals surface area contributed by atoms with E-state index in [-0.39, 0.29) is 0 Å². The maximum Gasteiger partial charge on any atom is 0.333 e. The Morgan fingerprint density at radius 1 is 1.45 bits per heavy atom. The number of alkyl halides is 2. The van der Waals surface area contributed by atoms with Crippen LogP contribution in [0.2, 0.25) is 0 Å². The lowest BCUT2D eigenvalue weighted by molar-refractivity contribution is 0.0563. The van der Waals surface area contributed by atoms with Crippen molar-refractivity contribution in [3.63, 3.8) is 0 Å². The molecule has 1 radical (unpaired) electrons. The molecule has 0 N–H and O–H groups in total. The summed E-state index contributed by atoms with van der Waals surface area (Å²) >= 11 is 0. The Balaban J connectivity index is 2.18. The zero-order valence-electron chi connectivity index (χ0n) is 5.80. The number of rotatable bonds is 2. The number of hydrogen-bond donors (Lipinski definition) is 0. The quantitative estimate of drug-likeness (QED) is 0.641. The monoisotopic (exact) mass is 157 g/mol. The van der Waals surface area contributed by atoms with Gasteiger partial charge in [-0.2, -0.15) is 13.9 Å². The van der Waals surface area contributed by atoms with Crippen LogP contribution in [0, 0.1) is 5.92 Å². The SMILES string of the molecule is FC(F)n1ccc([C]2CC2)n1. The normalized spacial score (nSPS) is 17.7. The van der Waals surface area contributed by atoms with Crippen LogP contribution in [0.4, 0.5) is 8.78 Å². The Bertz CT molecular complexity index is 236. The van der Waals surface area contributed by atoms with Crippen molar-refractivity contribution < 1.29 is 8.78 Å². The van der Waals surface area contributed by atoms with Crippen LogP contribution in [-0.2, 0) is 0 Å². The highest BCUT2D eigenvalue weighted by molar-refractivity contribution is 5.30. The summed E-state index contributed by atoms with van der Waals surface area (Å²) in [4.78, 5) is 0. The molecular formula is C7H7F2N2. The molecule has 2 nitrogen and oxygen atoms in total. The Labute approximate surface area is 62.8 Å². The van der Waals surface area contributed by atoms with Gasteiger partial charge in [-0.15, -0.1) is 0 Å². The summed E-state index contributed by atoms with van der Waals surface area (Å²) < 4.78 is 24.6. The van der Waals surface area contributed by atoms with E-state index < -0.39 is 6.55 Å². The lowest BCUT2D eigenvalue weighted by Crippen LogP contribution is -1.98. The highest BCUT2D eigenvalue weighted by atomic mass is 19.3. The second-order valence-electron chi connectivity index (χ2n) is 2.56. The topological polar surface area (TPSA) is 17.8 Å². The van der Waals surface area contributed by atoms with E-state index in [0.29, 0.717) is 4.68 Å². The van der Waals surface area contributed by atoms with Gasteiger partial charge in [-0.3, -0.25) is 0 Å². The van der Waals surface area contributed by atoms with Gasteiger partial charge in [0.25, 0.3) is 0 Å². The minimum Gasteiger partial charge on any atom is -0.211 e. The molecule has 0 amide bonds. The molecular weight excluding hydrogens is 150 g/mol. The second-order valence-corrected chi connectivity index (χ2v) is 2.56. The summed E-state index contributed by atoms with van der Waals surface area (Å²) in [7, 11) is 0. The van der Waals surface area contributed by atoms with Crippen LogP contribution in [0.1, 0.15) is 25.1 Å². The average molecular weight is 157 g/mol. The fourth-order valence-corrected chi connectivity index (χ4v) is 0.954. The second kappa shape index (κ2) is 2.29. The van der Waals surface area contributed by atoms with Crippen molar-refractivity contribution >= 4 is 0 Å². The molecule has 4 heteroatoms. The predicted molar refractivity (Wildman–Crippen MR) is 35.1 cm³/mol. The Morgan fingerprint density at radius 2 is 2.18 bits per heavy atom. The molecule has 1 aromatic rings. The molecule has 0 saturated heterocycles. The molecule has 0 bridgehead atoms. The van der Waals surface area contributed by atoms with Gasteiger partial charge in [-0.1, -0.05) is 0 Å². The minimum absolute atomic E-state index is 0.681. The molecule has 0 atom stereocenters. The first kappa shape index (κ1) is 6.76. The van der Waals surface area contributed by atoms with Gasteiger partial charge in [0.1, 0.15) is 0 Å². The zero-order valence-corrected chi connectivity index (χ0v) is 5.80. The number of halogens is 2. The molecule has 0 aromatic carbocycles. The first-order chi connectivity index (χ1) is 5.27. The third-order valence-electron chi connectivity index (χ3n) is 1.67. The van der Waals surface area contributed by atoms with Gasteiger partial charge >= 0.3 is 6.55 Å². The highest BCUT2D eigenvalue weighted by Gasteiger charge is 2.27. The smallest absolute Gasteiger partial charge is 0.211 e. The maximum absolute atomic E-state index is 12.0. The van der Waals surface area contributed by atoms with E-state index in [1.54, 1.807) is 6.07 Å². The van der Waals surface area contributed by atoms with Gasteiger partial charge in [-0.25, -0.2) is 4.68 Å². The highest BCUT2D eigenvalue weighted by Crippen LogP contribution is 2.37. The van der Waals surface area contributed by atoms with Gasteiger partial charge in [0, 0.05) is 12.1 Å². The summed E-state index contributed by atoms with van der Waals surface area (Å²) in [5, 5.41) is 3.70. The third kappa shape index (κ3) is 1.25. The lowest BCUT2D eigenvalue weighted by Gasteiger charge is -1.95. The molecule has 1 aliphatic carbocycles. The Morgan fingerprint density at radius 3 is 2.64 bits per heavy atom. The van der Waals surface area contributed by atoms with Crippen molar-refractivity contribution in [3.8, 4) is 0 Å². The summed E-state index contributed by atoms with van der Waals surface area (Å²) in [6, 6.07) is 1.63. The average Bonchev–Trinajstić information content (AvgIpc) is 2.68. The number of nitrogens with zero attached hydrogens (tertiary/aromatic N) is 2. The van der Waals surface area contributed by atoms with Crippen molar-refractivity contribution in [1.29, 1.82) is 0 Å². The number of aromatic nitrogens is 2. The van der Waals surface area contributed by atoms with E-state index in [1.807, 2.05) is 0 Å². The van der Waals surface area contributed by atoms with Crippen molar-refractivity contribution in [2.24, 2.45) is 0 Å². The molecule has 11 heavy (non-hydrogen) atoms. The van der Waals surface area contributed by atoms with Gasteiger partial charge in [-0.05, 0) is 18.9 Å². The molecule has 1 aliphatic rings. The summed E-state index contributed by atoms with van der Waals surface area (Å²) in [6.45, 7) is -2.51. The van der Waals surface area contributed by atoms with Crippen LogP contribution >= 0.6 is 0 Å². The van der Waals surface area contributed by atoms with Crippen molar-refractivity contribution in [1.82, 2.24) is 9.78 Å². The largest absolute Gasteiger partial charge is 0.333 e. The minimum atomic E-state index is -2.51. The molecule has 1 heterocycles. The first-order valence-electron chi connectivity index (χ1n) is 3.46. The Hall–Kier alpha value is -0.930. The maximum atomic E-state index is 12.0. The fraction of sp³-hybridized carbons (Fsp3) is 0.429. The standard InChI is InChI=1S/C7H7F2N2/c8-7(9)11-4-3-6(10-11)5-1-2-5/h3-4,7H,1-2H2. The molecule has 1 fully saturated rings. The third-order valence-corrected chi connectivity index (χ3v) is 1.67. The molecule has 0 spiro atoms. The van der Waals surface area contributed by atoms with E-state index in [9.17, 15) is 8.78 Å². The molecule has 0 aliphatic heterocycles. The molecule has 2 rings (SSSR count). The van der Waals surface area contributed by atoms with E-state index in [2.05, 4.69) is 5.10 Å². The lowest BCUT2D eigenvalue weighted by atomic mass is 10.3. The summed E-state index contributed by atoms with van der Waals surface area (Å²) in [5.41, 5.74) is 0.727. The Kier molecular flexibility index (Phi) is 1.41. The van der Waals surface area contributed by atoms with E-state index in [0.717, 1.165) is 18.5 Å². The number of hydrogen-bond acceptors (Lipinski definition) is 1. The molecule has 0 unspecified atom stereocenters. The van der Waals surface area contributed by atoms with Crippen LogP contribution in [-0.4, -0.2) is 9.78 Å². The summed E-state index contributed by atoms with van der Waals surface area (Å²) in [6.07, 6.45) is 3.34. The van der Waals surface area contributed by atoms with E-state index in [4.69, 9.17) is 0 Å². The van der Waals surface area contributed by atoms with Gasteiger partial charge in [0.15, 0.2) is 0 Å². The van der Waals surface area contributed by atoms with Crippen LogP contribution in [0.5, 0.6) is 0 Å². The zero-order chi connectivity index (χ0) is 7.84. The van der Waals surface area contributed by atoms with E-state index in [1.165, 1.54) is 12.1 Å². The van der Waals surface area contributed by atoms with Gasteiger partial charge in [0.05, 0.1) is 5.69 Å². The summed E-state index contributed by atoms with van der Waals surface area (Å²) in [5.74, 6) is 1.18. The molecule has 59 valence electrons. The molecule has 1 saturated carbocycles. The molecule has 1 aromatic heterocycles. The van der Waals surface area contributed by atoms with Gasteiger partial charge < -0.3 is 0 Å². The van der Waals surface area contributed by atoms with Crippen molar-refractivity contribution in [2.45, 2.75) is 19.4 Å². The van der Waals surface area contributed by atoms with E-state index >= 15 is 0 Å². The van der Waals surface area contributed by atoms with Crippen LogP contribution in [0.3, 0.4) is 0 Å². The fourth-order valence-electron chi connectivity index (χ4n) is 0.954. The van der Waals surface area contributed by atoms with Crippen LogP contribution in [0.15, 0.2) is 12.3 Å². The predicted octanol–water partition coefficient (Wildman–Crippen LogP) is 1.99. The first-order valence-corrected chi connectivity index (χ1v) is 3.46. The van der Waals surface area contributed by atoms with Crippen molar-refractivity contribution in [3.05, 3.63) is 23.9 Å². The van der Waals surface area contributed by atoms with Crippen LogP contribution in [0.25, 0.3) is 0 Å².